The fourth-order valence-electron chi connectivity index (χ4n) is 1.42. The minimum atomic E-state index is -0.188. The molecule has 1 aromatic carbocycles. The van der Waals surface area contributed by atoms with Crippen LogP contribution < -0.4 is 5.73 Å². The van der Waals surface area contributed by atoms with Gasteiger partial charge in [0.1, 0.15) is 5.75 Å². The summed E-state index contributed by atoms with van der Waals surface area (Å²) in [5.41, 5.74) is 7.73. The number of aryl methyl sites for hydroxylation is 1. The molecule has 0 aliphatic rings. The highest BCUT2D eigenvalue weighted by Crippen LogP contribution is 2.40. The summed E-state index contributed by atoms with van der Waals surface area (Å²) in [6.45, 7) is 8.06. The number of benzene rings is 1. The van der Waals surface area contributed by atoms with Gasteiger partial charge in [-0.2, -0.15) is 0 Å². The molecule has 0 radical (unpaired) electrons. The molecule has 4 heteroatoms. The predicted octanol–water partition coefficient (Wildman–Crippen LogP) is 3.93. The topological polar surface area (TPSA) is 46.2 Å². The van der Waals surface area contributed by atoms with Crippen molar-refractivity contribution in [1.29, 1.82) is 0 Å². The molecule has 0 aliphatic heterocycles. The van der Waals surface area contributed by atoms with Crippen LogP contribution in [0.2, 0.25) is 0 Å². The zero-order valence-corrected chi connectivity index (χ0v) is 12.4. The second-order valence-corrected chi connectivity index (χ2v) is 5.82. The van der Waals surface area contributed by atoms with Gasteiger partial charge in [-0.25, -0.2) is 0 Å². The highest BCUT2D eigenvalue weighted by atomic mass is 79.9. The fraction of sp³-hybridized carbons (Fsp3) is 0.500. The molecule has 0 unspecified atom stereocenters. The van der Waals surface area contributed by atoms with Gasteiger partial charge < -0.3 is 10.8 Å². The lowest BCUT2D eigenvalue weighted by Crippen LogP contribution is -2.26. The number of phenolic OH excluding ortho intramolecular Hbond substituents is 1. The Labute approximate surface area is 112 Å². The summed E-state index contributed by atoms with van der Waals surface area (Å²) >= 11 is 3.43. The van der Waals surface area contributed by atoms with E-state index in [-0.39, 0.29) is 23.9 Å². The first-order valence-corrected chi connectivity index (χ1v) is 5.78. The molecule has 1 rings (SSSR count). The number of halogens is 2. The second-order valence-electron chi connectivity index (χ2n) is 4.97. The number of rotatable bonds is 1. The van der Waals surface area contributed by atoms with E-state index in [1.165, 1.54) is 0 Å². The van der Waals surface area contributed by atoms with E-state index in [1.54, 1.807) is 0 Å². The van der Waals surface area contributed by atoms with Crippen molar-refractivity contribution in [3.05, 3.63) is 27.7 Å². The van der Waals surface area contributed by atoms with Crippen LogP contribution in [0.5, 0.6) is 5.75 Å². The van der Waals surface area contributed by atoms with Gasteiger partial charge in [0, 0.05) is 16.1 Å². The summed E-state index contributed by atoms with van der Waals surface area (Å²) < 4.78 is 0.869. The minimum absolute atomic E-state index is 0. The average molecular weight is 309 g/mol. The number of nitrogens with two attached hydrogens (primary N) is 1. The SMILES string of the molecule is Cc1ccc(Br)c([C@@H](N)C(C)(C)C)c1O.Cl. The molecule has 0 saturated carbocycles. The van der Waals surface area contributed by atoms with Crippen molar-refractivity contribution in [2.24, 2.45) is 11.1 Å². The molecule has 0 amide bonds. The van der Waals surface area contributed by atoms with E-state index in [2.05, 4.69) is 36.7 Å². The van der Waals surface area contributed by atoms with E-state index in [1.807, 2.05) is 19.1 Å². The molecule has 0 aromatic heterocycles. The van der Waals surface area contributed by atoms with Crippen LogP contribution in [0.25, 0.3) is 0 Å². The monoisotopic (exact) mass is 307 g/mol. The molecule has 3 N–H and O–H groups in total. The normalized spacial score (nSPS) is 13.1. The van der Waals surface area contributed by atoms with Gasteiger partial charge in [-0.1, -0.05) is 42.8 Å². The molecular formula is C12H19BrClNO. The Morgan fingerprint density at radius 1 is 1.31 bits per heavy atom. The third-order valence-corrected chi connectivity index (χ3v) is 3.30. The Bertz CT molecular complexity index is 374. The van der Waals surface area contributed by atoms with Crippen LogP contribution in [0.1, 0.15) is 37.9 Å². The summed E-state index contributed by atoms with van der Waals surface area (Å²) in [4.78, 5) is 0. The van der Waals surface area contributed by atoms with Crippen molar-refractivity contribution in [2.45, 2.75) is 33.7 Å². The standard InChI is InChI=1S/C12H18BrNO.ClH/c1-7-5-6-8(13)9(10(7)15)11(14)12(2,3)4;/h5-6,11,15H,14H2,1-4H3;1H/t11-;/m1./s1. The zero-order chi connectivity index (χ0) is 11.8. The Balaban J connectivity index is 0.00000225. The molecule has 0 spiro atoms. The van der Waals surface area contributed by atoms with Gasteiger partial charge in [-0.05, 0) is 24.0 Å². The third-order valence-electron chi connectivity index (χ3n) is 2.61. The first kappa shape index (κ1) is 15.8. The second kappa shape index (κ2) is 5.39. The van der Waals surface area contributed by atoms with E-state index in [0.29, 0.717) is 5.75 Å². The average Bonchev–Trinajstić information content (AvgIpc) is 2.10. The lowest BCUT2D eigenvalue weighted by Gasteiger charge is -2.29. The van der Waals surface area contributed by atoms with E-state index in [0.717, 1.165) is 15.6 Å². The third kappa shape index (κ3) is 3.12. The van der Waals surface area contributed by atoms with Gasteiger partial charge >= 0.3 is 0 Å². The largest absolute Gasteiger partial charge is 0.507 e. The molecule has 0 aliphatic carbocycles. The Kier molecular flexibility index (Phi) is 5.30. The molecule has 0 fully saturated rings. The number of aromatic hydroxyl groups is 1. The predicted molar refractivity (Wildman–Crippen MR) is 74.2 cm³/mol. The van der Waals surface area contributed by atoms with E-state index in [9.17, 15) is 5.11 Å². The van der Waals surface area contributed by atoms with Crippen LogP contribution in [0.15, 0.2) is 16.6 Å². The van der Waals surface area contributed by atoms with E-state index < -0.39 is 0 Å². The van der Waals surface area contributed by atoms with Crippen LogP contribution in [-0.4, -0.2) is 5.11 Å². The summed E-state index contributed by atoms with van der Waals surface area (Å²) in [6, 6.07) is 3.61. The number of hydrogen-bond acceptors (Lipinski definition) is 2. The van der Waals surface area contributed by atoms with Crippen molar-refractivity contribution < 1.29 is 5.11 Å². The summed E-state index contributed by atoms with van der Waals surface area (Å²) in [5, 5.41) is 10.0. The minimum Gasteiger partial charge on any atom is -0.507 e. The fourth-order valence-corrected chi connectivity index (χ4v) is 1.99. The molecule has 0 heterocycles. The first-order chi connectivity index (χ1) is 6.75. The highest BCUT2D eigenvalue weighted by molar-refractivity contribution is 9.10. The molecule has 0 bridgehead atoms. The zero-order valence-electron chi connectivity index (χ0n) is 10.0. The highest BCUT2D eigenvalue weighted by Gasteiger charge is 2.27. The van der Waals surface area contributed by atoms with Crippen molar-refractivity contribution in [2.75, 3.05) is 0 Å². The molecule has 1 aromatic rings. The lowest BCUT2D eigenvalue weighted by atomic mass is 9.82. The Morgan fingerprint density at radius 2 is 1.81 bits per heavy atom. The van der Waals surface area contributed by atoms with Gasteiger partial charge in [0.2, 0.25) is 0 Å². The first-order valence-electron chi connectivity index (χ1n) is 4.98. The maximum atomic E-state index is 10.0. The van der Waals surface area contributed by atoms with Gasteiger partial charge in [-0.3, -0.25) is 0 Å². The summed E-state index contributed by atoms with van der Waals surface area (Å²) in [7, 11) is 0. The van der Waals surface area contributed by atoms with Gasteiger partial charge in [-0.15, -0.1) is 12.4 Å². The van der Waals surface area contributed by atoms with Crippen molar-refractivity contribution >= 4 is 28.3 Å². The number of phenols is 1. The van der Waals surface area contributed by atoms with Crippen molar-refractivity contribution in [1.82, 2.24) is 0 Å². The Hall–Kier alpha value is -0.250. The van der Waals surface area contributed by atoms with E-state index >= 15 is 0 Å². The van der Waals surface area contributed by atoms with Crippen LogP contribution >= 0.6 is 28.3 Å². The van der Waals surface area contributed by atoms with Crippen molar-refractivity contribution in [3.63, 3.8) is 0 Å². The lowest BCUT2D eigenvalue weighted by molar-refractivity contribution is 0.316. The molecule has 16 heavy (non-hydrogen) atoms. The van der Waals surface area contributed by atoms with Crippen LogP contribution in [0.4, 0.5) is 0 Å². The van der Waals surface area contributed by atoms with Crippen molar-refractivity contribution in [3.8, 4) is 5.75 Å². The number of hydrogen-bond donors (Lipinski definition) is 2. The van der Waals surface area contributed by atoms with Gasteiger partial charge in [0.15, 0.2) is 0 Å². The maximum Gasteiger partial charge on any atom is 0.124 e. The molecule has 1 atom stereocenters. The molecule has 0 saturated heterocycles. The summed E-state index contributed by atoms with van der Waals surface area (Å²) in [5.74, 6) is 0.298. The van der Waals surface area contributed by atoms with Crippen LogP contribution in [0.3, 0.4) is 0 Å². The van der Waals surface area contributed by atoms with Crippen LogP contribution in [-0.2, 0) is 0 Å². The smallest absolute Gasteiger partial charge is 0.124 e. The quantitative estimate of drug-likeness (QED) is 0.825. The Morgan fingerprint density at radius 3 is 2.25 bits per heavy atom. The van der Waals surface area contributed by atoms with Crippen LogP contribution in [0, 0.1) is 12.3 Å². The summed E-state index contributed by atoms with van der Waals surface area (Å²) in [6.07, 6.45) is 0. The maximum absolute atomic E-state index is 10.0. The van der Waals surface area contributed by atoms with E-state index in [4.69, 9.17) is 5.73 Å². The van der Waals surface area contributed by atoms with Gasteiger partial charge in [0.25, 0.3) is 0 Å². The molecular weight excluding hydrogens is 289 g/mol. The van der Waals surface area contributed by atoms with Gasteiger partial charge in [0.05, 0.1) is 0 Å². The molecule has 2 nitrogen and oxygen atoms in total. The molecule has 92 valence electrons.